The van der Waals surface area contributed by atoms with Gasteiger partial charge in [-0.1, -0.05) is 56.3 Å². The van der Waals surface area contributed by atoms with Crippen LogP contribution in [0.1, 0.15) is 49.0 Å². The Morgan fingerprint density at radius 1 is 0.941 bits per heavy atom. The number of benzene rings is 3. The number of rotatable bonds is 9. The number of hydrogen-bond acceptors (Lipinski definition) is 7. The van der Waals surface area contributed by atoms with E-state index in [1.807, 2.05) is 44.2 Å². The number of para-hydroxylation sites is 1. The second kappa shape index (κ2) is 19.1. The van der Waals surface area contributed by atoms with Crippen LogP contribution in [-0.2, 0) is 25.7 Å². The van der Waals surface area contributed by atoms with Crippen molar-refractivity contribution in [3.63, 3.8) is 0 Å². The summed E-state index contributed by atoms with van der Waals surface area (Å²) in [5.41, 5.74) is 0.964. The predicted octanol–water partition coefficient (Wildman–Crippen LogP) is 3.31. The van der Waals surface area contributed by atoms with Gasteiger partial charge < -0.3 is 35.2 Å². The van der Waals surface area contributed by atoms with Gasteiger partial charge in [0.05, 0.1) is 24.7 Å². The molecule has 1 aliphatic rings. The van der Waals surface area contributed by atoms with Gasteiger partial charge in [-0.25, -0.2) is 4.39 Å². The number of ether oxygens (including phenoxy) is 2. The Kier molecular flexibility index (Phi) is 14.3. The number of likely N-dealkylation sites (N-methyl/N-ethyl adjacent to an activating group) is 1. The van der Waals surface area contributed by atoms with Crippen LogP contribution < -0.4 is 25.4 Å². The lowest BCUT2D eigenvalue weighted by Crippen LogP contribution is -2.49. The first kappa shape index (κ1) is 38.3. The van der Waals surface area contributed by atoms with Crippen LogP contribution in [0.3, 0.4) is 0 Å². The lowest BCUT2D eigenvalue weighted by molar-refractivity contribution is -0.142. The fraction of sp³-hybridized carbons (Fsp3) is 0.395. The average molecular weight is 704 g/mol. The minimum absolute atomic E-state index is 0.0587. The molecule has 0 unspecified atom stereocenters. The Labute approximate surface area is 297 Å². The van der Waals surface area contributed by atoms with Crippen molar-refractivity contribution < 1.29 is 37.8 Å². The molecule has 2 atom stereocenters. The van der Waals surface area contributed by atoms with Crippen molar-refractivity contribution >= 4 is 29.5 Å². The van der Waals surface area contributed by atoms with Gasteiger partial charge in [-0.2, -0.15) is 0 Å². The molecule has 0 spiro atoms. The molecule has 0 saturated heterocycles. The smallest absolute Gasteiger partial charge is 0.255 e. The van der Waals surface area contributed by atoms with Gasteiger partial charge in [0.2, 0.25) is 23.6 Å². The Bertz CT molecular complexity index is 1640. The Morgan fingerprint density at radius 3 is 2.37 bits per heavy atom. The molecule has 12 nitrogen and oxygen atoms in total. The molecule has 1 heterocycles. The fourth-order valence-electron chi connectivity index (χ4n) is 5.53. The van der Waals surface area contributed by atoms with Gasteiger partial charge in [0.1, 0.15) is 43.1 Å². The first-order valence-electron chi connectivity index (χ1n) is 17.0. The minimum atomic E-state index is -1.14. The second-order valence-corrected chi connectivity index (χ2v) is 12.8. The molecule has 3 N–H and O–H groups in total. The summed E-state index contributed by atoms with van der Waals surface area (Å²) in [6, 6.07) is 19.6. The lowest BCUT2D eigenvalue weighted by atomic mass is 10.0. The Balaban J connectivity index is 1.58. The van der Waals surface area contributed by atoms with Crippen LogP contribution in [-0.4, -0.2) is 91.3 Å². The number of nitrogens with one attached hydrogen (secondary N) is 3. The highest BCUT2D eigenvalue weighted by Crippen LogP contribution is 2.20. The van der Waals surface area contributed by atoms with Crippen molar-refractivity contribution in [2.75, 3.05) is 39.9 Å². The van der Waals surface area contributed by atoms with Gasteiger partial charge in [0.15, 0.2) is 0 Å². The van der Waals surface area contributed by atoms with E-state index in [0.717, 1.165) is 5.56 Å². The molecule has 0 aliphatic carbocycles. The molecule has 0 fully saturated rings. The summed E-state index contributed by atoms with van der Waals surface area (Å²) < 4.78 is 24.9. The van der Waals surface area contributed by atoms with Crippen LogP contribution in [0, 0.1) is 11.7 Å². The highest BCUT2D eigenvalue weighted by molar-refractivity contribution is 5.99. The topological polar surface area (TPSA) is 146 Å². The number of carbonyl (C=O) groups excluding carboxylic acids is 5. The summed E-state index contributed by atoms with van der Waals surface area (Å²) >= 11 is 0. The molecule has 5 amide bonds. The first-order valence-corrected chi connectivity index (χ1v) is 17.0. The van der Waals surface area contributed by atoms with Crippen molar-refractivity contribution in [2.24, 2.45) is 5.92 Å². The molecule has 0 radical (unpaired) electrons. The van der Waals surface area contributed by atoms with E-state index in [0.29, 0.717) is 12.2 Å². The van der Waals surface area contributed by atoms with E-state index in [4.69, 9.17) is 9.47 Å². The fourth-order valence-corrected chi connectivity index (χ4v) is 5.53. The second-order valence-electron chi connectivity index (χ2n) is 12.8. The van der Waals surface area contributed by atoms with E-state index >= 15 is 0 Å². The normalized spacial score (nSPS) is 18.1. The number of carbonyl (C=O) groups is 5. The maximum absolute atomic E-state index is 13.7. The summed E-state index contributed by atoms with van der Waals surface area (Å²) in [6.07, 6.45) is 0.320. The minimum Gasteiger partial charge on any atom is -0.492 e. The summed E-state index contributed by atoms with van der Waals surface area (Å²) in [5.74, 6) is -1.91. The quantitative estimate of drug-likeness (QED) is 0.290. The molecular weight excluding hydrogens is 657 g/mol. The Morgan fingerprint density at radius 2 is 1.65 bits per heavy atom. The molecule has 1 aliphatic heterocycles. The van der Waals surface area contributed by atoms with E-state index < -0.39 is 41.5 Å². The standard InChI is InChI=1S/C38H46FN5O7/c1-26(2)21-29-25-51-33-12-8-7-11-31(33)37(48)42-32(38(49)40-19-20-50-30-15-13-28(39)14-16-30)17-18-35(46)44(22-27-9-5-4-6-10-27)24-36(47)43(3)23-34(45)41-29/h4-16,26,29,32H,17-25H2,1-3H3,(H,40,49)(H,41,45)(H,42,48)/t29-,32-/m0/s1. The summed E-state index contributed by atoms with van der Waals surface area (Å²) in [5, 5.41) is 8.45. The molecule has 0 saturated carbocycles. The zero-order chi connectivity index (χ0) is 36.8. The monoisotopic (exact) mass is 703 g/mol. The van der Waals surface area contributed by atoms with Crippen LogP contribution in [0.15, 0.2) is 78.9 Å². The van der Waals surface area contributed by atoms with Gasteiger partial charge in [-0.15, -0.1) is 0 Å². The highest BCUT2D eigenvalue weighted by atomic mass is 19.1. The number of fused-ring (bicyclic) bond motifs is 1. The van der Waals surface area contributed by atoms with E-state index in [2.05, 4.69) is 16.0 Å². The third kappa shape index (κ3) is 12.4. The maximum Gasteiger partial charge on any atom is 0.255 e. The number of nitrogens with zero attached hydrogens (tertiary/aromatic N) is 2. The van der Waals surface area contributed by atoms with Crippen LogP contribution in [0.2, 0.25) is 0 Å². The van der Waals surface area contributed by atoms with Crippen molar-refractivity contribution in [1.82, 2.24) is 25.8 Å². The van der Waals surface area contributed by atoms with Crippen molar-refractivity contribution in [3.05, 3.63) is 95.8 Å². The molecular formula is C38H46FN5O7. The molecule has 3 aromatic rings. The van der Waals surface area contributed by atoms with Crippen LogP contribution >= 0.6 is 0 Å². The third-order valence-corrected chi connectivity index (χ3v) is 8.15. The molecule has 272 valence electrons. The first-order chi connectivity index (χ1) is 24.5. The van der Waals surface area contributed by atoms with Gasteiger partial charge in [-0.3, -0.25) is 24.0 Å². The number of hydrogen-bond donors (Lipinski definition) is 3. The zero-order valence-corrected chi connectivity index (χ0v) is 29.2. The zero-order valence-electron chi connectivity index (χ0n) is 29.2. The molecule has 0 bridgehead atoms. The van der Waals surface area contributed by atoms with E-state index in [1.54, 1.807) is 24.3 Å². The third-order valence-electron chi connectivity index (χ3n) is 8.15. The number of amides is 5. The van der Waals surface area contributed by atoms with Gasteiger partial charge in [0.25, 0.3) is 5.91 Å². The predicted molar refractivity (Wildman–Crippen MR) is 188 cm³/mol. The lowest BCUT2D eigenvalue weighted by Gasteiger charge is -2.27. The van der Waals surface area contributed by atoms with E-state index in [-0.39, 0.29) is 75.4 Å². The maximum atomic E-state index is 13.7. The van der Waals surface area contributed by atoms with Crippen LogP contribution in [0.5, 0.6) is 11.5 Å². The molecule has 13 heteroatoms. The van der Waals surface area contributed by atoms with E-state index in [9.17, 15) is 28.4 Å². The molecule has 0 aromatic heterocycles. The van der Waals surface area contributed by atoms with Crippen molar-refractivity contribution in [3.8, 4) is 11.5 Å². The highest BCUT2D eigenvalue weighted by Gasteiger charge is 2.28. The Hall–Kier alpha value is -5.46. The van der Waals surface area contributed by atoms with Crippen molar-refractivity contribution in [1.29, 1.82) is 0 Å². The summed E-state index contributed by atoms with van der Waals surface area (Å²) in [4.78, 5) is 70.0. The molecule has 51 heavy (non-hydrogen) atoms. The molecule has 4 rings (SSSR count). The summed E-state index contributed by atoms with van der Waals surface area (Å²) in [6.45, 7) is 3.81. The van der Waals surface area contributed by atoms with Crippen LogP contribution in [0.25, 0.3) is 0 Å². The van der Waals surface area contributed by atoms with Gasteiger partial charge in [-0.05, 0) is 60.7 Å². The number of halogens is 1. The average Bonchev–Trinajstić information content (AvgIpc) is 3.10. The largest absolute Gasteiger partial charge is 0.492 e. The summed E-state index contributed by atoms with van der Waals surface area (Å²) in [7, 11) is 1.51. The van der Waals surface area contributed by atoms with Crippen molar-refractivity contribution in [2.45, 2.75) is 51.7 Å². The van der Waals surface area contributed by atoms with Gasteiger partial charge >= 0.3 is 0 Å². The molecule has 3 aromatic carbocycles. The SMILES string of the molecule is CC(C)C[C@H]1COc2ccccc2C(=O)N[C@H](C(=O)NCCOc2ccc(F)cc2)CCC(=O)N(Cc2ccccc2)CC(=O)N(C)CC(=O)N1. The van der Waals surface area contributed by atoms with Crippen LogP contribution in [0.4, 0.5) is 4.39 Å². The van der Waals surface area contributed by atoms with E-state index in [1.165, 1.54) is 41.1 Å². The van der Waals surface area contributed by atoms with Gasteiger partial charge in [0, 0.05) is 20.0 Å².